The molecule has 3 nitrogen and oxygen atoms in total. The smallest absolute Gasteiger partial charge is 0.160 e. The Labute approximate surface area is 84.3 Å². The zero-order valence-electron chi connectivity index (χ0n) is 8.58. The molecule has 1 rings (SSSR count). The van der Waals surface area contributed by atoms with Gasteiger partial charge in [0.25, 0.3) is 0 Å². The Morgan fingerprint density at radius 2 is 1.86 bits per heavy atom. The van der Waals surface area contributed by atoms with E-state index in [2.05, 4.69) is 0 Å². The Bertz CT molecular complexity index is 284. The minimum Gasteiger partial charge on any atom is -0.493 e. The lowest BCUT2D eigenvalue weighted by Gasteiger charge is -2.08. The van der Waals surface area contributed by atoms with Crippen LogP contribution in [0.2, 0.25) is 0 Å². The Morgan fingerprint density at radius 1 is 1.14 bits per heavy atom. The van der Waals surface area contributed by atoms with Crippen LogP contribution in [0.3, 0.4) is 0 Å². The van der Waals surface area contributed by atoms with Crippen molar-refractivity contribution in [2.45, 2.75) is 12.8 Å². The number of methoxy groups -OCH3 is 2. The van der Waals surface area contributed by atoms with Gasteiger partial charge in [-0.1, -0.05) is 6.07 Å². The van der Waals surface area contributed by atoms with E-state index in [1.165, 1.54) is 0 Å². The van der Waals surface area contributed by atoms with Crippen molar-refractivity contribution in [1.29, 1.82) is 0 Å². The molecule has 3 heteroatoms. The topological polar surface area (TPSA) is 38.4 Å². The molecule has 0 unspecified atom stereocenters. The molecule has 14 heavy (non-hydrogen) atoms. The fraction of sp³-hybridized carbons (Fsp3) is 0.455. The van der Waals surface area contributed by atoms with Crippen LogP contribution in [0.5, 0.6) is 11.5 Å². The van der Waals surface area contributed by atoms with Crippen molar-refractivity contribution in [3.63, 3.8) is 0 Å². The van der Waals surface area contributed by atoms with Crippen LogP contribution in [0.15, 0.2) is 18.2 Å². The zero-order valence-corrected chi connectivity index (χ0v) is 8.58. The van der Waals surface area contributed by atoms with E-state index >= 15 is 0 Å². The normalized spacial score (nSPS) is 9.93. The number of rotatable bonds is 5. The summed E-state index contributed by atoms with van der Waals surface area (Å²) in [4.78, 5) is 0. The lowest BCUT2D eigenvalue weighted by Crippen LogP contribution is -1.93. The molecule has 0 aliphatic heterocycles. The molecule has 0 aliphatic carbocycles. The zero-order chi connectivity index (χ0) is 10.4. The van der Waals surface area contributed by atoms with E-state index in [0.29, 0.717) is 6.42 Å². The van der Waals surface area contributed by atoms with Gasteiger partial charge in [0.1, 0.15) is 0 Å². The van der Waals surface area contributed by atoms with E-state index in [4.69, 9.17) is 9.47 Å². The van der Waals surface area contributed by atoms with Gasteiger partial charge in [-0.15, -0.1) is 0 Å². The van der Waals surface area contributed by atoms with Crippen LogP contribution in [0, 0.1) is 0 Å². The first kappa shape index (κ1) is 10.9. The van der Waals surface area contributed by atoms with Crippen molar-refractivity contribution in [1.82, 2.24) is 0 Å². The average Bonchev–Trinajstić information content (AvgIpc) is 2.25. The number of benzene rings is 1. The standard InChI is InChI=1S/C11H15O3/c1-13-10-6-5-9(4-3-7-12)8-11(10)14-2/h5-6,8H,3-4,7H2,1-2H3. The van der Waals surface area contributed by atoms with Gasteiger partial charge in [0.2, 0.25) is 0 Å². The van der Waals surface area contributed by atoms with Crippen molar-refractivity contribution in [3.05, 3.63) is 23.8 Å². The molecule has 0 N–H and O–H groups in total. The third kappa shape index (κ3) is 2.64. The highest BCUT2D eigenvalue weighted by molar-refractivity contribution is 5.42. The van der Waals surface area contributed by atoms with Gasteiger partial charge in [-0.2, -0.15) is 0 Å². The highest BCUT2D eigenvalue weighted by Gasteiger charge is 2.03. The summed E-state index contributed by atoms with van der Waals surface area (Å²) in [5.74, 6) is 1.44. The Morgan fingerprint density at radius 3 is 2.43 bits per heavy atom. The summed E-state index contributed by atoms with van der Waals surface area (Å²) in [5, 5.41) is 10.3. The Hall–Kier alpha value is -1.22. The molecule has 0 fully saturated rings. The van der Waals surface area contributed by atoms with E-state index < -0.39 is 0 Å². The van der Waals surface area contributed by atoms with Crippen molar-refractivity contribution in [2.75, 3.05) is 20.8 Å². The van der Waals surface area contributed by atoms with Crippen LogP contribution in [-0.4, -0.2) is 20.8 Å². The molecule has 0 saturated carbocycles. The number of ether oxygens (including phenoxy) is 2. The minimum atomic E-state index is -0.0334. The van der Waals surface area contributed by atoms with Gasteiger partial charge in [0.05, 0.1) is 20.8 Å². The maximum Gasteiger partial charge on any atom is 0.160 e. The summed E-state index contributed by atoms with van der Waals surface area (Å²) in [6.07, 6.45) is 1.46. The average molecular weight is 195 g/mol. The van der Waals surface area contributed by atoms with Gasteiger partial charge < -0.3 is 9.47 Å². The molecule has 0 bridgehead atoms. The first-order valence-electron chi connectivity index (χ1n) is 4.61. The molecule has 1 aromatic carbocycles. The van der Waals surface area contributed by atoms with Crippen LogP contribution in [-0.2, 0) is 11.5 Å². The molecule has 0 amide bonds. The molecular weight excluding hydrogens is 180 g/mol. The van der Waals surface area contributed by atoms with E-state index in [9.17, 15) is 5.11 Å². The van der Waals surface area contributed by atoms with Crippen LogP contribution in [0.4, 0.5) is 0 Å². The molecule has 0 spiro atoms. The Kier molecular flexibility index (Phi) is 4.26. The van der Waals surface area contributed by atoms with Gasteiger partial charge in [-0.25, -0.2) is 5.11 Å². The maximum absolute atomic E-state index is 10.3. The van der Waals surface area contributed by atoms with E-state index in [1.807, 2.05) is 18.2 Å². The fourth-order valence-corrected chi connectivity index (χ4v) is 1.31. The van der Waals surface area contributed by atoms with Gasteiger partial charge in [-0.05, 0) is 30.5 Å². The molecule has 0 heterocycles. The summed E-state index contributed by atoms with van der Waals surface area (Å²) in [6, 6.07) is 5.73. The Balaban J connectivity index is 2.79. The third-order valence-corrected chi connectivity index (χ3v) is 2.06. The molecule has 1 radical (unpaired) electrons. The molecule has 1 aromatic rings. The first-order chi connectivity index (χ1) is 6.81. The second kappa shape index (κ2) is 5.50. The summed E-state index contributed by atoms with van der Waals surface area (Å²) in [6.45, 7) is -0.0334. The summed E-state index contributed by atoms with van der Waals surface area (Å²) in [7, 11) is 3.21. The van der Waals surface area contributed by atoms with E-state index in [-0.39, 0.29) is 6.61 Å². The second-order valence-corrected chi connectivity index (χ2v) is 3.00. The molecule has 0 aromatic heterocycles. The lowest BCUT2D eigenvalue weighted by molar-refractivity contribution is 0.189. The van der Waals surface area contributed by atoms with Gasteiger partial charge in [0.15, 0.2) is 11.5 Å². The molecule has 0 atom stereocenters. The van der Waals surface area contributed by atoms with Crippen molar-refractivity contribution in [3.8, 4) is 11.5 Å². The van der Waals surface area contributed by atoms with Crippen molar-refractivity contribution < 1.29 is 14.6 Å². The lowest BCUT2D eigenvalue weighted by atomic mass is 10.1. The largest absolute Gasteiger partial charge is 0.493 e. The van der Waals surface area contributed by atoms with Crippen LogP contribution < -0.4 is 9.47 Å². The quantitative estimate of drug-likeness (QED) is 0.721. The highest BCUT2D eigenvalue weighted by Crippen LogP contribution is 2.27. The number of aryl methyl sites for hydroxylation is 1. The van der Waals surface area contributed by atoms with Crippen molar-refractivity contribution >= 4 is 0 Å². The van der Waals surface area contributed by atoms with Gasteiger partial charge in [0, 0.05) is 0 Å². The third-order valence-electron chi connectivity index (χ3n) is 2.06. The van der Waals surface area contributed by atoms with Gasteiger partial charge >= 0.3 is 0 Å². The van der Waals surface area contributed by atoms with Crippen LogP contribution in [0.1, 0.15) is 12.0 Å². The van der Waals surface area contributed by atoms with Gasteiger partial charge in [-0.3, -0.25) is 0 Å². The van der Waals surface area contributed by atoms with Crippen LogP contribution in [0.25, 0.3) is 0 Å². The van der Waals surface area contributed by atoms with Crippen LogP contribution >= 0.6 is 0 Å². The second-order valence-electron chi connectivity index (χ2n) is 3.00. The molecule has 0 aliphatic rings. The predicted molar refractivity (Wildman–Crippen MR) is 53.4 cm³/mol. The summed E-state index contributed by atoms with van der Waals surface area (Å²) in [5.41, 5.74) is 1.11. The summed E-state index contributed by atoms with van der Waals surface area (Å²) < 4.78 is 10.3. The number of hydrogen-bond donors (Lipinski definition) is 0. The monoisotopic (exact) mass is 195 g/mol. The van der Waals surface area contributed by atoms with Crippen molar-refractivity contribution in [2.24, 2.45) is 0 Å². The van der Waals surface area contributed by atoms with E-state index in [1.54, 1.807) is 14.2 Å². The molecule has 77 valence electrons. The maximum atomic E-state index is 10.3. The fourth-order valence-electron chi connectivity index (χ4n) is 1.31. The predicted octanol–water partition coefficient (Wildman–Crippen LogP) is 2.07. The SMILES string of the molecule is COc1ccc(CCC[O])cc1OC. The number of hydrogen-bond acceptors (Lipinski definition) is 2. The molecule has 0 saturated heterocycles. The molecular formula is C11H15O3. The minimum absolute atomic E-state index is 0.0334. The highest BCUT2D eigenvalue weighted by atomic mass is 16.5. The van der Waals surface area contributed by atoms with E-state index in [0.717, 1.165) is 23.5 Å². The first-order valence-corrected chi connectivity index (χ1v) is 4.61. The summed E-state index contributed by atoms with van der Waals surface area (Å²) >= 11 is 0.